The number of aryl methyl sites for hydroxylation is 1. The van der Waals surface area contributed by atoms with Crippen LogP contribution >= 0.6 is 0 Å². The predicted molar refractivity (Wildman–Crippen MR) is 122 cm³/mol. The Morgan fingerprint density at radius 1 is 1.16 bits per heavy atom. The molecule has 0 aliphatic heterocycles. The van der Waals surface area contributed by atoms with E-state index in [9.17, 15) is 15.0 Å². The van der Waals surface area contributed by atoms with E-state index in [1.165, 1.54) is 7.11 Å². The molecule has 2 aromatic rings. The average Bonchev–Trinajstić information content (AvgIpc) is 2.79. The number of aliphatic hydroxyl groups excluding tert-OH is 1. The van der Waals surface area contributed by atoms with Gasteiger partial charge in [0.05, 0.1) is 25.4 Å². The molecule has 2 unspecified atom stereocenters. The highest BCUT2D eigenvalue weighted by Gasteiger charge is 2.16. The maximum absolute atomic E-state index is 11.8. The van der Waals surface area contributed by atoms with Crippen LogP contribution in [-0.4, -0.2) is 55.6 Å². The van der Waals surface area contributed by atoms with Crippen LogP contribution in [0, 0.1) is 0 Å². The number of phenols is 1. The Bertz CT molecular complexity index is 874. The highest BCUT2D eigenvalue weighted by molar-refractivity contribution is 5.95. The standard InChI is InChI=1S/C24H34N2O6/c1-4-31-11-12-32-22-10-8-18(14-19(22)24(25)29)21(28)15-26-16(2)5-6-17-7-9-20(27)23(13-17)30-3/h7-10,13-14,16,21,26-28H,4-6,11-12,15H2,1-3H3,(H2,25,29). The van der Waals surface area contributed by atoms with Crippen LogP contribution in [-0.2, 0) is 11.2 Å². The SMILES string of the molecule is CCOCCOc1ccc(C(O)CNC(C)CCc2ccc(O)c(OC)c2)cc1C(N)=O. The van der Waals surface area contributed by atoms with E-state index < -0.39 is 12.0 Å². The molecule has 8 nitrogen and oxygen atoms in total. The summed E-state index contributed by atoms with van der Waals surface area (Å²) in [5.41, 5.74) is 7.36. The number of primary amides is 1. The largest absolute Gasteiger partial charge is 0.504 e. The van der Waals surface area contributed by atoms with Crippen molar-refractivity contribution in [3.8, 4) is 17.2 Å². The van der Waals surface area contributed by atoms with Crippen molar-refractivity contribution in [3.05, 3.63) is 53.1 Å². The van der Waals surface area contributed by atoms with Gasteiger partial charge in [-0.2, -0.15) is 0 Å². The minimum Gasteiger partial charge on any atom is -0.504 e. The van der Waals surface area contributed by atoms with Gasteiger partial charge in [-0.3, -0.25) is 4.79 Å². The minimum atomic E-state index is -0.804. The summed E-state index contributed by atoms with van der Waals surface area (Å²) >= 11 is 0. The molecule has 0 aliphatic rings. The second kappa shape index (κ2) is 12.9. The van der Waals surface area contributed by atoms with Crippen molar-refractivity contribution in [1.82, 2.24) is 5.32 Å². The Morgan fingerprint density at radius 2 is 1.94 bits per heavy atom. The van der Waals surface area contributed by atoms with Gasteiger partial charge in [-0.15, -0.1) is 0 Å². The molecule has 0 bridgehead atoms. The van der Waals surface area contributed by atoms with E-state index >= 15 is 0 Å². The maximum Gasteiger partial charge on any atom is 0.252 e. The number of carbonyl (C=O) groups excluding carboxylic acids is 1. The van der Waals surface area contributed by atoms with Gasteiger partial charge < -0.3 is 35.5 Å². The number of hydrogen-bond donors (Lipinski definition) is 4. The van der Waals surface area contributed by atoms with Crippen LogP contribution in [0.4, 0.5) is 0 Å². The van der Waals surface area contributed by atoms with Crippen molar-refractivity contribution in [2.45, 2.75) is 38.8 Å². The van der Waals surface area contributed by atoms with Crippen LogP contribution in [0.5, 0.6) is 17.2 Å². The van der Waals surface area contributed by atoms with Gasteiger partial charge in [0.15, 0.2) is 11.5 Å². The van der Waals surface area contributed by atoms with E-state index in [0.717, 1.165) is 18.4 Å². The van der Waals surface area contributed by atoms with Crippen molar-refractivity contribution >= 4 is 5.91 Å². The molecule has 2 atom stereocenters. The fraction of sp³-hybridized carbons (Fsp3) is 0.458. The lowest BCUT2D eigenvalue weighted by Gasteiger charge is -2.19. The third-order valence-electron chi connectivity index (χ3n) is 5.11. The van der Waals surface area contributed by atoms with Crippen molar-refractivity contribution in [3.63, 3.8) is 0 Å². The van der Waals surface area contributed by atoms with Crippen molar-refractivity contribution in [1.29, 1.82) is 0 Å². The van der Waals surface area contributed by atoms with E-state index in [1.807, 2.05) is 26.0 Å². The molecule has 0 fully saturated rings. The number of benzene rings is 2. The van der Waals surface area contributed by atoms with Crippen LogP contribution in [0.1, 0.15) is 47.9 Å². The second-order valence-corrected chi connectivity index (χ2v) is 7.54. The van der Waals surface area contributed by atoms with Crippen LogP contribution in [0.3, 0.4) is 0 Å². The number of phenolic OH excluding ortho intramolecular Hbond substituents is 1. The summed E-state index contributed by atoms with van der Waals surface area (Å²) < 4.78 is 16.0. The molecule has 0 radical (unpaired) electrons. The lowest BCUT2D eigenvalue weighted by Crippen LogP contribution is -2.31. The normalized spacial score (nSPS) is 12.9. The first-order valence-electron chi connectivity index (χ1n) is 10.8. The predicted octanol–water partition coefficient (Wildman–Crippen LogP) is 2.56. The first kappa shape index (κ1) is 25.5. The number of amides is 1. The van der Waals surface area contributed by atoms with Crippen LogP contribution < -0.4 is 20.5 Å². The molecule has 0 aliphatic carbocycles. The third-order valence-corrected chi connectivity index (χ3v) is 5.11. The summed E-state index contributed by atoms with van der Waals surface area (Å²) in [6.07, 6.45) is 0.821. The third kappa shape index (κ3) is 7.71. The Labute approximate surface area is 189 Å². The summed E-state index contributed by atoms with van der Waals surface area (Å²) in [6.45, 7) is 5.56. The van der Waals surface area contributed by atoms with Crippen molar-refractivity contribution in [2.75, 3.05) is 33.5 Å². The summed E-state index contributed by atoms with van der Waals surface area (Å²) in [7, 11) is 1.52. The first-order valence-corrected chi connectivity index (χ1v) is 10.8. The Kier molecular flexibility index (Phi) is 10.3. The molecule has 1 amide bonds. The molecule has 8 heteroatoms. The number of nitrogens with two attached hydrogens (primary N) is 1. The van der Waals surface area contributed by atoms with Crippen molar-refractivity contribution < 1.29 is 29.2 Å². The zero-order chi connectivity index (χ0) is 23.5. The molecule has 32 heavy (non-hydrogen) atoms. The number of aliphatic hydroxyl groups is 1. The van der Waals surface area contributed by atoms with E-state index in [1.54, 1.807) is 24.3 Å². The second-order valence-electron chi connectivity index (χ2n) is 7.54. The molecular weight excluding hydrogens is 412 g/mol. The number of rotatable bonds is 14. The van der Waals surface area contributed by atoms with Gasteiger partial charge in [0.2, 0.25) is 0 Å². The van der Waals surface area contributed by atoms with E-state index in [4.69, 9.17) is 19.9 Å². The quantitative estimate of drug-likeness (QED) is 0.329. The molecular formula is C24H34N2O6. The maximum atomic E-state index is 11.8. The average molecular weight is 447 g/mol. The van der Waals surface area contributed by atoms with Gasteiger partial charge in [0.1, 0.15) is 12.4 Å². The van der Waals surface area contributed by atoms with Crippen LogP contribution in [0.25, 0.3) is 0 Å². The number of methoxy groups -OCH3 is 1. The van der Waals surface area contributed by atoms with Gasteiger partial charge in [-0.05, 0) is 62.1 Å². The molecule has 2 rings (SSSR count). The Morgan fingerprint density at radius 3 is 2.62 bits per heavy atom. The molecule has 176 valence electrons. The first-order chi connectivity index (χ1) is 15.3. The number of aromatic hydroxyl groups is 1. The highest BCUT2D eigenvalue weighted by Crippen LogP contribution is 2.27. The van der Waals surface area contributed by atoms with E-state index in [0.29, 0.717) is 43.4 Å². The number of nitrogens with one attached hydrogen (secondary N) is 1. The smallest absolute Gasteiger partial charge is 0.252 e. The number of carbonyl (C=O) groups is 1. The summed E-state index contributed by atoms with van der Waals surface area (Å²) in [4.78, 5) is 11.8. The molecule has 2 aromatic carbocycles. The van der Waals surface area contributed by atoms with E-state index in [2.05, 4.69) is 5.32 Å². The highest BCUT2D eigenvalue weighted by atomic mass is 16.5. The lowest BCUT2D eigenvalue weighted by atomic mass is 10.0. The topological polar surface area (TPSA) is 123 Å². The summed E-state index contributed by atoms with van der Waals surface area (Å²) in [6, 6.07) is 10.4. The zero-order valence-electron chi connectivity index (χ0n) is 19.0. The summed E-state index contributed by atoms with van der Waals surface area (Å²) in [5, 5.41) is 23.6. The number of hydrogen-bond acceptors (Lipinski definition) is 7. The molecule has 0 spiro atoms. The monoisotopic (exact) mass is 446 g/mol. The van der Waals surface area contributed by atoms with Gasteiger partial charge >= 0.3 is 0 Å². The van der Waals surface area contributed by atoms with Crippen molar-refractivity contribution in [2.24, 2.45) is 5.73 Å². The Balaban J connectivity index is 1.89. The zero-order valence-corrected chi connectivity index (χ0v) is 19.0. The van der Waals surface area contributed by atoms with Gasteiger partial charge in [-0.1, -0.05) is 12.1 Å². The van der Waals surface area contributed by atoms with E-state index in [-0.39, 0.29) is 17.4 Å². The Hall–Kier alpha value is -2.81. The molecule has 5 N–H and O–H groups in total. The summed E-state index contributed by atoms with van der Waals surface area (Å²) in [5.74, 6) is 0.329. The molecule has 0 aromatic heterocycles. The lowest BCUT2D eigenvalue weighted by molar-refractivity contribution is 0.0978. The van der Waals surface area contributed by atoms with Crippen LogP contribution in [0.2, 0.25) is 0 Å². The van der Waals surface area contributed by atoms with Gasteiger partial charge in [0.25, 0.3) is 5.91 Å². The molecule has 0 heterocycles. The minimum absolute atomic E-state index is 0.117. The molecule has 0 saturated carbocycles. The van der Waals surface area contributed by atoms with Crippen LogP contribution in [0.15, 0.2) is 36.4 Å². The fourth-order valence-corrected chi connectivity index (χ4v) is 3.22. The fourth-order valence-electron chi connectivity index (χ4n) is 3.22. The number of ether oxygens (including phenoxy) is 3. The molecule has 0 saturated heterocycles. The van der Waals surface area contributed by atoms with Gasteiger partial charge in [0, 0.05) is 19.2 Å². The van der Waals surface area contributed by atoms with Gasteiger partial charge in [-0.25, -0.2) is 0 Å².